The fourth-order valence-corrected chi connectivity index (χ4v) is 3.35. The van der Waals surface area contributed by atoms with Gasteiger partial charge in [-0.1, -0.05) is 12.1 Å². The second-order valence-corrected chi connectivity index (χ2v) is 6.45. The number of hydrogen-bond donors (Lipinski definition) is 2. The summed E-state index contributed by atoms with van der Waals surface area (Å²) in [6.45, 7) is 0.760. The number of nitrogen functional groups attached to an aromatic ring is 1. The Kier molecular flexibility index (Phi) is 5.55. The van der Waals surface area contributed by atoms with Gasteiger partial charge in [-0.2, -0.15) is 0 Å². The van der Waals surface area contributed by atoms with Gasteiger partial charge in [0, 0.05) is 35.3 Å². The van der Waals surface area contributed by atoms with Crippen molar-refractivity contribution in [2.45, 2.75) is 25.4 Å². The topological polar surface area (TPSA) is 81.4 Å². The number of benzene rings is 1. The van der Waals surface area contributed by atoms with Gasteiger partial charge in [-0.05, 0) is 25.0 Å². The molecule has 0 aliphatic carbocycles. The van der Waals surface area contributed by atoms with Gasteiger partial charge in [0.05, 0.1) is 17.5 Å². The number of nitrogens with two attached hydrogens (primary N) is 1. The van der Waals surface area contributed by atoms with Crippen LogP contribution in [0.2, 0.25) is 0 Å². The lowest BCUT2D eigenvalue weighted by atomic mass is 10.2. The Morgan fingerprint density at radius 1 is 1.45 bits per heavy atom. The van der Waals surface area contributed by atoms with Gasteiger partial charge in [-0.25, -0.2) is 0 Å². The molecule has 1 fully saturated rings. The van der Waals surface area contributed by atoms with Crippen LogP contribution in [0.15, 0.2) is 24.3 Å². The number of ether oxygens (including phenoxy) is 1. The summed E-state index contributed by atoms with van der Waals surface area (Å²) in [6.07, 6.45) is 2.34. The average Bonchev–Trinajstić information content (AvgIpc) is 2.92. The molecule has 1 aliphatic heterocycles. The van der Waals surface area contributed by atoms with E-state index < -0.39 is 10.8 Å². The van der Waals surface area contributed by atoms with Gasteiger partial charge < -0.3 is 15.8 Å². The Morgan fingerprint density at radius 3 is 2.95 bits per heavy atom. The molecule has 1 saturated heterocycles. The van der Waals surface area contributed by atoms with Crippen LogP contribution in [0.1, 0.15) is 19.3 Å². The van der Waals surface area contributed by atoms with Gasteiger partial charge in [0.2, 0.25) is 5.91 Å². The summed E-state index contributed by atoms with van der Waals surface area (Å²) in [5, 5.41) is 2.73. The zero-order chi connectivity index (χ0) is 14.4. The highest BCUT2D eigenvalue weighted by Crippen LogP contribution is 2.17. The van der Waals surface area contributed by atoms with Crippen LogP contribution in [0, 0.1) is 0 Å². The molecule has 5 nitrogen and oxygen atoms in total. The number of anilines is 2. The van der Waals surface area contributed by atoms with Gasteiger partial charge in [0.15, 0.2) is 0 Å². The second kappa shape index (κ2) is 7.40. The molecule has 1 aromatic rings. The highest BCUT2D eigenvalue weighted by molar-refractivity contribution is 7.85. The predicted molar refractivity (Wildman–Crippen MR) is 81.0 cm³/mol. The summed E-state index contributed by atoms with van der Waals surface area (Å²) in [4.78, 5) is 11.8. The molecule has 2 unspecified atom stereocenters. The van der Waals surface area contributed by atoms with Gasteiger partial charge in [-0.3, -0.25) is 9.00 Å². The van der Waals surface area contributed by atoms with Crippen molar-refractivity contribution in [1.82, 2.24) is 0 Å². The van der Waals surface area contributed by atoms with Crippen LogP contribution in [0.3, 0.4) is 0 Å². The SMILES string of the molecule is Nc1ccccc1NC(=O)CCS(=O)CC1CCCO1. The lowest BCUT2D eigenvalue weighted by Gasteiger charge is -2.10. The second-order valence-electron chi connectivity index (χ2n) is 4.83. The lowest BCUT2D eigenvalue weighted by Crippen LogP contribution is -2.21. The van der Waals surface area contributed by atoms with E-state index in [-0.39, 0.29) is 18.4 Å². The largest absolute Gasteiger partial charge is 0.397 e. The molecule has 1 amide bonds. The number of carbonyl (C=O) groups excluding carboxylic acids is 1. The zero-order valence-corrected chi connectivity index (χ0v) is 12.2. The van der Waals surface area contributed by atoms with Gasteiger partial charge in [-0.15, -0.1) is 0 Å². The Balaban J connectivity index is 1.72. The van der Waals surface area contributed by atoms with E-state index in [2.05, 4.69) is 5.32 Å². The summed E-state index contributed by atoms with van der Waals surface area (Å²) >= 11 is 0. The third kappa shape index (κ3) is 4.61. The van der Waals surface area contributed by atoms with Crippen LogP contribution < -0.4 is 11.1 Å². The van der Waals surface area contributed by atoms with E-state index >= 15 is 0 Å². The summed E-state index contributed by atoms with van der Waals surface area (Å²) in [7, 11) is -1.01. The van der Waals surface area contributed by atoms with E-state index in [1.165, 1.54) is 0 Å². The van der Waals surface area contributed by atoms with Crippen molar-refractivity contribution in [2.75, 3.05) is 29.2 Å². The normalized spacial score (nSPS) is 19.7. The van der Waals surface area contributed by atoms with E-state index in [9.17, 15) is 9.00 Å². The molecule has 1 aliphatic rings. The minimum atomic E-state index is -1.01. The van der Waals surface area contributed by atoms with Crippen molar-refractivity contribution in [3.05, 3.63) is 24.3 Å². The van der Waals surface area contributed by atoms with Crippen molar-refractivity contribution in [1.29, 1.82) is 0 Å². The molecule has 0 spiro atoms. The fourth-order valence-electron chi connectivity index (χ4n) is 2.10. The number of amides is 1. The Bertz CT molecular complexity index is 487. The molecule has 2 atom stereocenters. The third-order valence-electron chi connectivity index (χ3n) is 3.19. The zero-order valence-electron chi connectivity index (χ0n) is 11.3. The summed E-state index contributed by atoms with van der Waals surface area (Å²) in [6, 6.07) is 7.09. The van der Waals surface area contributed by atoms with Gasteiger partial charge >= 0.3 is 0 Å². The molecule has 2 rings (SSSR count). The van der Waals surface area contributed by atoms with Crippen molar-refractivity contribution < 1.29 is 13.7 Å². The smallest absolute Gasteiger partial charge is 0.225 e. The standard InChI is InChI=1S/C14H20N2O3S/c15-12-5-1-2-6-13(12)16-14(17)7-9-20(18)10-11-4-3-8-19-11/h1-2,5-6,11H,3-4,7-10,15H2,(H,16,17). The Labute approximate surface area is 121 Å². The Hall–Kier alpha value is -1.40. The maximum Gasteiger partial charge on any atom is 0.225 e. The molecule has 6 heteroatoms. The first-order valence-electron chi connectivity index (χ1n) is 6.76. The molecule has 20 heavy (non-hydrogen) atoms. The first-order valence-corrected chi connectivity index (χ1v) is 8.25. The summed E-state index contributed by atoms with van der Waals surface area (Å²) < 4.78 is 17.3. The molecule has 0 aromatic heterocycles. The molecule has 110 valence electrons. The highest BCUT2D eigenvalue weighted by atomic mass is 32.2. The predicted octanol–water partition coefficient (Wildman–Crippen LogP) is 1.53. The summed E-state index contributed by atoms with van der Waals surface area (Å²) in [5.74, 6) is 0.725. The van der Waals surface area contributed by atoms with Crippen molar-refractivity contribution in [2.24, 2.45) is 0 Å². The van der Waals surface area contributed by atoms with Crippen LogP contribution in [0.25, 0.3) is 0 Å². The monoisotopic (exact) mass is 296 g/mol. The lowest BCUT2D eigenvalue weighted by molar-refractivity contribution is -0.115. The number of nitrogens with one attached hydrogen (secondary N) is 1. The average molecular weight is 296 g/mol. The van der Waals surface area contributed by atoms with Crippen molar-refractivity contribution in [3.8, 4) is 0 Å². The molecular formula is C14H20N2O3S. The maximum atomic E-state index is 11.8. The van der Waals surface area contributed by atoms with E-state index in [1.54, 1.807) is 12.1 Å². The molecular weight excluding hydrogens is 276 g/mol. The van der Waals surface area contributed by atoms with Crippen molar-refractivity contribution >= 4 is 28.1 Å². The van der Waals surface area contributed by atoms with Crippen LogP contribution in [-0.4, -0.2) is 34.3 Å². The van der Waals surface area contributed by atoms with E-state index in [4.69, 9.17) is 10.5 Å². The van der Waals surface area contributed by atoms with Gasteiger partial charge in [0.1, 0.15) is 0 Å². The van der Waals surface area contributed by atoms with E-state index in [0.717, 1.165) is 19.4 Å². The van der Waals surface area contributed by atoms with Crippen LogP contribution in [0.4, 0.5) is 11.4 Å². The third-order valence-corrected chi connectivity index (χ3v) is 4.59. The molecule has 1 heterocycles. The van der Waals surface area contributed by atoms with Gasteiger partial charge in [0.25, 0.3) is 0 Å². The maximum absolute atomic E-state index is 11.8. The molecule has 0 bridgehead atoms. The highest BCUT2D eigenvalue weighted by Gasteiger charge is 2.18. The quantitative estimate of drug-likeness (QED) is 0.780. The fraction of sp³-hybridized carbons (Fsp3) is 0.500. The first kappa shape index (κ1) is 15.0. The molecule has 0 saturated carbocycles. The van der Waals surface area contributed by atoms with E-state index in [1.807, 2.05) is 12.1 Å². The number of carbonyl (C=O) groups is 1. The number of hydrogen-bond acceptors (Lipinski definition) is 4. The molecule has 1 aromatic carbocycles. The van der Waals surface area contributed by atoms with Crippen LogP contribution >= 0.6 is 0 Å². The van der Waals surface area contributed by atoms with E-state index in [0.29, 0.717) is 22.9 Å². The summed E-state index contributed by atoms with van der Waals surface area (Å²) in [5.41, 5.74) is 6.87. The minimum Gasteiger partial charge on any atom is -0.397 e. The van der Waals surface area contributed by atoms with Crippen LogP contribution in [-0.2, 0) is 20.3 Å². The Morgan fingerprint density at radius 2 is 2.25 bits per heavy atom. The van der Waals surface area contributed by atoms with Crippen molar-refractivity contribution in [3.63, 3.8) is 0 Å². The number of rotatable bonds is 6. The van der Waals surface area contributed by atoms with Crippen LogP contribution in [0.5, 0.6) is 0 Å². The molecule has 3 N–H and O–H groups in total. The first-order chi connectivity index (χ1) is 9.65. The number of para-hydroxylation sites is 2. The minimum absolute atomic E-state index is 0.101. The molecule has 0 radical (unpaired) electrons.